The summed E-state index contributed by atoms with van der Waals surface area (Å²) < 4.78 is 12.7. The number of aliphatic carboxylic acids is 1. The Morgan fingerprint density at radius 2 is 1.89 bits per heavy atom. The lowest BCUT2D eigenvalue weighted by Crippen LogP contribution is -2.47. The van der Waals surface area contributed by atoms with Gasteiger partial charge in [0.15, 0.2) is 0 Å². The van der Waals surface area contributed by atoms with Crippen LogP contribution in [0.4, 0.5) is 4.39 Å². The van der Waals surface area contributed by atoms with E-state index in [0.717, 1.165) is 6.42 Å². The molecule has 1 aromatic rings. The molecule has 2 N–H and O–H groups in total. The third-order valence-corrected chi connectivity index (χ3v) is 3.46. The number of carboxylic acids is 1. The number of halogens is 1. The highest BCUT2D eigenvalue weighted by molar-refractivity contribution is 5.94. The van der Waals surface area contributed by atoms with Crippen LogP contribution in [-0.2, 0) is 4.79 Å². The molecule has 0 radical (unpaired) electrons. The number of hydrogen-bond acceptors (Lipinski definition) is 2. The molecule has 1 aromatic carbocycles. The molecule has 5 heteroatoms. The first-order chi connectivity index (χ1) is 8.53. The zero-order chi connectivity index (χ0) is 13.2. The number of nitrogens with one attached hydrogen (secondary N) is 1. The molecule has 0 aliphatic heterocycles. The molecule has 4 nitrogen and oxygen atoms in total. The predicted octanol–water partition coefficient (Wildman–Crippen LogP) is 1.81. The van der Waals surface area contributed by atoms with E-state index < -0.39 is 17.2 Å². The van der Waals surface area contributed by atoms with Crippen LogP contribution in [0.5, 0.6) is 0 Å². The average Bonchev–Trinajstić information content (AvgIpc) is 2.27. The lowest BCUT2D eigenvalue weighted by molar-refractivity contribution is -0.153. The molecular weight excluding hydrogens is 237 g/mol. The SMILES string of the molecule is O=C(NCC1(C(=O)O)CCC1)c1ccc(F)cc1. The smallest absolute Gasteiger partial charge is 0.311 e. The van der Waals surface area contributed by atoms with Crippen molar-refractivity contribution in [3.63, 3.8) is 0 Å². The highest BCUT2D eigenvalue weighted by Crippen LogP contribution is 2.40. The summed E-state index contributed by atoms with van der Waals surface area (Å²) in [5.41, 5.74) is -0.480. The first-order valence-corrected chi connectivity index (χ1v) is 5.81. The molecule has 1 saturated carbocycles. The third kappa shape index (κ3) is 2.34. The van der Waals surface area contributed by atoms with E-state index in [0.29, 0.717) is 18.4 Å². The van der Waals surface area contributed by atoms with E-state index in [2.05, 4.69) is 5.32 Å². The van der Waals surface area contributed by atoms with Gasteiger partial charge in [0.2, 0.25) is 0 Å². The van der Waals surface area contributed by atoms with E-state index >= 15 is 0 Å². The van der Waals surface area contributed by atoms with Gasteiger partial charge in [-0.25, -0.2) is 4.39 Å². The first kappa shape index (κ1) is 12.5. The summed E-state index contributed by atoms with van der Waals surface area (Å²) in [4.78, 5) is 22.8. The number of carboxylic acid groups (broad SMARTS) is 1. The van der Waals surface area contributed by atoms with Gasteiger partial charge in [-0.3, -0.25) is 9.59 Å². The Bertz CT molecular complexity index is 466. The summed E-state index contributed by atoms with van der Waals surface area (Å²) in [5.74, 6) is -1.65. The van der Waals surface area contributed by atoms with Crippen molar-refractivity contribution in [3.05, 3.63) is 35.6 Å². The lowest BCUT2D eigenvalue weighted by Gasteiger charge is -2.37. The van der Waals surface area contributed by atoms with Crippen molar-refractivity contribution < 1.29 is 19.1 Å². The van der Waals surface area contributed by atoms with Crippen LogP contribution in [0.25, 0.3) is 0 Å². The van der Waals surface area contributed by atoms with Crippen molar-refractivity contribution in [1.29, 1.82) is 0 Å². The van der Waals surface area contributed by atoms with E-state index in [4.69, 9.17) is 5.11 Å². The summed E-state index contributed by atoms with van der Waals surface area (Å²) >= 11 is 0. The molecule has 1 aliphatic rings. The molecule has 1 amide bonds. The van der Waals surface area contributed by atoms with Crippen LogP contribution < -0.4 is 5.32 Å². The van der Waals surface area contributed by atoms with E-state index in [1.807, 2.05) is 0 Å². The van der Waals surface area contributed by atoms with Crippen LogP contribution in [0, 0.1) is 11.2 Å². The minimum atomic E-state index is -0.867. The van der Waals surface area contributed by atoms with Gasteiger partial charge in [0.05, 0.1) is 5.41 Å². The molecule has 0 aromatic heterocycles. The lowest BCUT2D eigenvalue weighted by atomic mass is 9.69. The molecule has 0 spiro atoms. The fourth-order valence-corrected chi connectivity index (χ4v) is 2.02. The summed E-state index contributed by atoms with van der Waals surface area (Å²) in [6.07, 6.45) is 2.05. The molecule has 0 atom stereocenters. The molecule has 0 saturated heterocycles. The zero-order valence-corrected chi connectivity index (χ0v) is 9.78. The van der Waals surface area contributed by atoms with Gasteiger partial charge in [-0.05, 0) is 37.1 Å². The van der Waals surface area contributed by atoms with Crippen LogP contribution in [0.2, 0.25) is 0 Å². The maximum atomic E-state index is 12.7. The van der Waals surface area contributed by atoms with Gasteiger partial charge in [0.1, 0.15) is 5.82 Å². The fourth-order valence-electron chi connectivity index (χ4n) is 2.02. The van der Waals surface area contributed by atoms with Crippen molar-refractivity contribution in [2.45, 2.75) is 19.3 Å². The standard InChI is InChI=1S/C13H14FNO3/c14-10-4-2-9(3-5-10)11(16)15-8-13(12(17)18)6-1-7-13/h2-5H,1,6-8H2,(H,15,16)(H,17,18). The molecule has 0 unspecified atom stereocenters. The normalized spacial score (nSPS) is 16.7. The van der Waals surface area contributed by atoms with Crippen LogP contribution in [-0.4, -0.2) is 23.5 Å². The maximum Gasteiger partial charge on any atom is 0.311 e. The first-order valence-electron chi connectivity index (χ1n) is 5.81. The second-order valence-electron chi connectivity index (χ2n) is 4.63. The molecule has 96 valence electrons. The highest BCUT2D eigenvalue weighted by atomic mass is 19.1. The highest BCUT2D eigenvalue weighted by Gasteiger charge is 2.44. The molecule has 0 bridgehead atoms. The summed E-state index contributed by atoms with van der Waals surface area (Å²) in [5, 5.41) is 11.7. The molecule has 1 fully saturated rings. The summed E-state index contributed by atoms with van der Waals surface area (Å²) in [6, 6.07) is 5.15. The number of carbonyl (C=O) groups is 2. The second-order valence-corrected chi connectivity index (χ2v) is 4.63. The van der Waals surface area contributed by atoms with Gasteiger partial charge in [0.25, 0.3) is 5.91 Å². The van der Waals surface area contributed by atoms with Crippen LogP contribution in [0.15, 0.2) is 24.3 Å². The Labute approximate surface area is 104 Å². The largest absolute Gasteiger partial charge is 0.481 e. The Morgan fingerprint density at radius 3 is 2.33 bits per heavy atom. The maximum absolute atomic E-state index is 12.7. The molecule has 1 aliphatic carbocycles. The van der Waals surface area contributed by atoms with Gasteiger partial charge < -0.3 is 10.4 Å². The van der Waals surface area contributed by atoms with E-state index in [1.54, 1.807) is 0 Å². The number of rotatable bonds is 4. The molecule has 2 rings (SSSR count). The minimum absolute atomic E-state index is 0.124. The van der Waals surface area contributed by atoms with Crippen molar-refractivity contribution in [2.75, 3.05) is 6.54 Å². The van der Waals surface area contributed by atoms with Crippen molar-refractivity contribution in [2.24, 2.45) is 5.41 Å². The minimum Gasteiger partial charge on any atom is -0.481 e. The van der Waals surface area contributed by atoms with Crippen molar-refractivity contribution in [3.8, 4) is 0 Å². The van der Waals surface area contributed by atoms with Crippen LogP contribution in [0.3, 0.4) is 0 Å². The molecular formula is C13H14FNO3. The Kier molecular flexibility index (Phi) is 3.32. The third-order valence-electron chi connectivity index (χ3n) is 3.46. The zero-order valence-electron chi connectivity index (χ0n) is 9.78. The Morgan fingerprint density at radius 1 is 1.28 bits per heavy atom. The predicted molar refractivity (Wildman–Crippen MR) is 62.7 cm³/mol. The number of carbonyl (C=O) groups excluding carboxylic acids is 1. The monoisotopic (exact) mass is 251 g/mol. The van der Waals surface area contributed by atoms with Crippen molar-refractivity contribution in [1.82, 2.24) is 5.32 Å². The van der Waals surface area contributed by atoms with E-state index in [9.17, 15) is 14.0 Å². The van der Waals surface area contributed by atoms with Gasteiger partial charge in [0, 0.05) is 12.1 Å². The number of benzene rings is 1. The fraction of sp³-hybridized carbons (Fsp3) is 0.385. The van der Waals surface area contributed by atoms with Crippen LogP contribution in [0.1, 0.15) is 29.6 Å². The van der Waals surface area contributed by atoms with E-state index in [-0.39, 0.29) is 12.5 Å². The van der Waals surface area contributed by atoms with Gasteiger partial charge in [-0.1, -0.05) is 6.42 Å². The summed E-state index contributed by atoms with van der Waals surface area (Å²) in [7, 11) is 0. The summed E-state index contributed by atoms with van der Waals surface area (Å²) in [6.45, 7) is 0.124. The van der Waals surface area contributed by atoms with Crippen molar-refractivity contribution >= 4 is 11.9 Å². The number of amides is 1. The molecule has 0 heterocycles. The van der Waals surface area contributed by atoms with Gasteiger partial charge in [-0.15, -0.1) is 0 Å². The number of hydrogen-bond donors (Lipinski definition) is 2. The quantitative estimate of drug-likeness (QED) is 0.857. The Hall–Kier alpha value is -1.91. The van der Waals surface area contributed by atoms with Gasteiger partial charge >= 0.3 is 5.97 Å². The van der Waals surface area contributed by atoms with Crippen LogP contribution >= 0.6 is 0 Å². The van der Waals surface area contributed by atoms with E-state index in [1.165, 1.54) is 24.3 Å². The second kappa shape index (κ2) is 4.76. The molecule has 18 heavy (non-hydrogen) atoms. The Balaban J connectivity index is 1.96. The van der Waals surface area contributed by atoms with Gasteiger partial charge in [-0.2, -0.15) is 0 Å². The topological polar surface area (TPSA) is 66.4 Å². The average molecular weight is 251 g/mol.